The van der Waals surface area contributed by atoms with E-state index in [1.807, 2.05) is 5.32 Å². The molecule has 0 saturated carbocycles. The fourth-order valence-electron chi connectivity index (χ4n) is 3.65. The first-order valence-corrected chi connectivity index (χ1v) is 9.01. The van der Waals surface area contributed by atoms with Crippen molar-refractivity contribution in [2.24, 2.45) is 0 Å². The number of carbonyl (C=O) groups is 1. The molecule has 1 atom stereocenters. The Morgan fingerprint density at radius 1 is 1.29 bits per heavy atom. The highest BCUT2D eigenvalue weighted by Crippen LogP contribution is 2.37. The van der Waals surface area contributed by atoms with Crippen LogP contribution in [0.5, 0.6) is 5.75 Å². The highest BCUT2D eigenvalue weighted by molar-refractivity contribution is 5.89. The van der Waals surface area contributed by atoms with Gasteiger partial charge >= 0.3 is 5.92 Å². The van der Waals surface area contributed by atoms with E-state index >= 15 is 8.78 Å². The van der Waals surface area contributed by atoms with E-state index in [9.17, 15) is 18.4 Å². The number of aromatic nitrogens is 1. The number of hydrogen-bond donors (Lipinski definition) is 2. The Morgan fingerprint density at radius 3 is 2.74 bits per heavy atom. The molecule has 0 aliphatic carbocycles. The average Bonchev–Trinajstić information content (AvgIpc) is 3.11. The molecule has 1 aromatic heterocycles. The number of ether oxygens (including phenoxy) is 1. The lowest BCUT2D eigenvalue weighted by atomic mass is 9.98. The van der Waals surface area contributed by atoms with Crippen LogP contribution in [0, 0.1) is 29.9 Å². The Balaban J connectivity index is 1.71. The molecule has 0 saturated heterocycles. The molecule has 3 aromatic rings. The van der Waals surface area contributed by atoms with Crippen LogP contribution < -0.4 is 15.6 Å². The van der Waals surface area contributed by atoms with Gasteiger partial charge in [-0.25, -0.2) is 8.78 Å². The van der Waals surface area contributed by atoms with Crippen LogP contribution in [0.1, 0.15) is 28.3 Å². The summed E-state index contributed by atoms with van der Waals surface area (Å²) < 4.78 is 63.2. The molecule has 1 aliphatic heterocycles. The highest BCUT2D eigenvalue weighted by Gasteiger charge is 2.46. The number of aromatic amines is 1. The monoisotopic (exact) mass is 431 g/mol. The molecule has 0 spiro atoms. The fourth-order valence-corrected chi connectivity index (χ4v) is 3.65. The van der Waals surface area contributed by atoms with Crippen molar-refractivity contribution in [2.75, 3.05) is 6.61 Å². The minimum atomic E-state index is -4.30. The summed E-state index contributed by atoms with van der Waals surface area (Å²) in [6.07, 6.45) is 0. The first kappa shape index (κ1) is 20.4. The lowest BCUT2D eigenvalue weighted by Crippen LogP contribution is -2.44. The van der Waals surface area contributed by atoms with Crippen LogP contribution in [-0.2, 0) is 10.7 Å². The first-order chi connectivity index (χ1) is 14.6. The number of nitrogens with zero attached hydrogens (tertiary/aromatic N) is 1. The number of halogens is 4. The number of carbonyl (C=O) groups excluding carboxylic acids is 1. The molecule has 2 N–H and O–H groups in total. The SMILES string of the molecule is Cc1c(C(F)(F)C(=O)N[C@@H]2COc3cc(C#N)cc(F)c32)c(=O)[nH]c2ccc(F)cc12. The topological polar surface area (TPSA) is 95.0 Å². The molecule has 0 fully saturated rings. The van der Waals surface area contributed by atoms with E-state index in [1.54, 1.807) is 6.07 Å². The Kier molecular flexibility index (Phi) is 4.69. The molecule has 0 bridgehead atoms. The summed E-state index contributed by atoms with van der Waals surface area (Å²) >= 11 is 0. The van der Waals surface area contributed by atoms with Crippen LogP contribution in [0.4, 0.5) is 17.6 Å². The van der Waals surface area contributed by atoms with E-state index in [4.69, 9.17) is 10.00 Å². The summed E-state index contributed by atoms with van der Waals surface area (Å²) in [4.78, 5) is 27.0. The van der Waals surface area contributed by atoms with Gasteiger partial charge in [-0.05, 0) is 42.8 Å². The van der Waals surface area contributed by atoms with Crippen molar-refractivity contribution < 1.29 is 27.1 Å². The van der Waals surface area contributed by atoms with Gasteiger partial charge in [0, 0.05) is 10.9 Å². The van der Waals surface area contributed by atoms with Gasteiger partial charge in [-0.15, -0.1) is 0 Å². The van der Waals surface area contributed by atoms with Crippen LogP contribution in [-0.4, -0.2) is 17.5 Å². The van der Waals surface area contributed by atoms with Crippen molar-refractivity contribution in [3.8, 4) is 11.8 Å². The summed E-state index contributed by atoms with van der Waals surface area (Å²) in [6.45, 7) is 0.853. The number of pyridine rings is 1. The molecule has 158 valence electrons. The molecule has 0 radical (unpaired) electrons. The van der Waals surface area contributed by atoms with E-state index in [0.717, 1.165) is 18.2 Å². The third-order valence-corrected chi connectivity index (χ3v) is 5.12. The smallest absolute Gasteiger partial charge is 0.355 e. The number of alkyl halides is 2. The van der Waals surface area contributed by atoms with Crippen molar-refractivity contribution in [2.45, 2.75) is 18.9 Å². The van der Waals surface area contributed by atoms with Gasteiger partial charge in [0.1, 0.15) is 24.0 Å². The van der Waals surface area contributed by atoms with Gasteiger partial charge in [-0.3, -0.25) is 9.59 Å². The molecule has 1 aliphatic rings. The Hall–Kier alpha value is -3.87. The summed E-state index contributed by atoms with van der Waals surface area (Å²) in [5.74, 6) is -7.78. The fraction of sp³-hybridized carbons (Fsp3) is 0.190. The largest absolute Gasteiger partial charge is 0.491 e. The van der Waals surface area contributed by atoms with E-state index < -0.39 is 40.6 Å². The Morgan fingerprint density at radius 2 is 2.03 bits per heavy atom. The molecular weight excluding hydrogens is 418 g/mol. The quantitative estimate of drug-likeness (QED) is 0.622. The summed E-state index contributed by atoms with van der Waals surface area (Å²) in [5.41, 5.74) is -2.66. The van der Waals surface area contributed by atoms with Gasteiger partial charge in [0.2, 0.25) is 0 Å². The van der Waals surface area contributed by atoms with Gasteiger partial charge in [-0.1, -0.05) is 0 Å². The van der Waals surface area contributed by atoms with E-state index in [-0.39, 0.29) is 39.9 Å². The van der Waals surface area contributed by atoms with Crippen molar-refractivity contribution in [1.82, 2.24) is 10.3 Å². The third kappa shape index (κ3) is 3.28. The standard InChI is InChI=1S/C21H13F4N3O3/c1-9-12-6-11(22)2-3-14(12)27-19(29)18(9)21(24,25)20(30)28-15-8-31-16-5-10(7-26)4-13(23)17(15)16/h2-6,15H,8H2,1H3,(H,27,29)(H,28,30)/t15-/m1/s1. The van der Waals surface area contributed by atoms with Gasteiger partial charge in [0.25, 0.3) is 11.5 Å². The predicted octanol–water partition coefficient (Wildman–Crippen LogP) is 3.33. The second-order valence-corrected chi connectivity index (χ2v) is 7.04. The number of aryl methyl sites for hydroxylation is 1. The minimum Gasteiger partial charge on any atom is -0.491 e. The summed E-state index contributed by atoms with van der Waals surface area (Å²) in [5, 5.41) is 10.9. The molecule has 2 heterocycles. The molecule has 1 amide bonds. The maximum Gasteiger partial charge on any atom is 0.355 e. The second kappa shape index (κ2) is 7.12. The van der Waals surface area contributed by atoms with Gasteiger partial charge in [-0.2, -0.15) is 14.0 Å². The van der Waals surface area contributed by atoms with Crippen LogP contribution in [0.3, 0.4) is 0 Å². The Labute approximate surface area is 172 Å². The first-order valence-electron chi connectivity index (χ1n) is 9.01. The number of H-pyrrole nitrogens is 1. The van der Waals surface area contributed by atoms with Crippen LogP contribution >= 0.6 is 0 Å². The predicted molar refractivity (Wildman–Crippen MR) is 101 cm³/mol. The van der Waals surface area contributed by atoms with E-state index in [2.05, 4.69) is 4.98 Å². The minimum absolute atomic E-state index is 0.0201. The zero-order chi connectivity index (χ0) is 22.5. The molecule has 4 rings (SSSR count). The zero-order valence-electron chi connectivity index (χ0n) is 15.9. The van der Waals surface area contributed by atoms with Gasteiger partial charge < -0.3 is 15.0 Å². The number of nitrogens with one attached hydrogen (secondary N) is 2. The number of fused-ring (bicyclic) bond motifs is 2. The zero-order valence-corrected chi connectivity index (χ0v) is 15.9. The third-order valence-electron chi connectivity index (χ3n) is 5.12. The molecule has 10 heteroatoms. The summed E-state index contributed by atoms with van der Waals surface area (Å²) in [7, 11) is 0. The number of nitriles is 1. The second-order valence-electron chi connectivity index (χ2n) is 7.04. The van der Waals surface area contributed by atoms with E-state index in [0.29, 0.717) is 0 Å². The Bertz CT molecular complexity index is 1340. The molecule has 31 heavy (non-hydrogen) atoms. The average molecular weight is 431 g/mol. The van der Waals surface area contributed by atoms with Crippen molar-refractivity contribution >= 4 is 16.8 Å². The van der Waals surface area contributed by atoms with Crippen molar-refractivity contribution in [1.29, 1.82) is 5.26 Å². The maximum absolute atomic E-state index is 15.0. The highest BCUT2D eigenvalue weighted by atomic mass is 19.3. The van der Waals surface area contributed by atoms with Gasteiger partial charge in [0.15, 0.2) is 0 Å². The number of hydrogen-bond acceptors (Lipinski definition) is 4. The maximum atomic E-state index is 15.0. The normalized spacial score (nSPS) is 15.3. The molecule has 6 nitrogen and oxygen atoms in total. The lowest BCUT2D eigenvalue weighted by Gasteiger charge is -2.21. The van der Waals surface area contributed by atoms with Gasteiger partial charge in [0.05, 0.1) is 28.8 Å². The lowest BCUT2D eigenvalue weighted by molar-refractivity contribution is -0.148. The number of rotatable bonds is 3. The molecule has 0 unspecified atom stereocenters. The number of benzene rings is 2. The van der Waals surface area contributed by atoms with E-state index in [1.165, 1.54) is 19.1 Å². The summed E-state index contributed by atoms with van der Waals surface area (Å²) in [6, 6.07) is 5.88. The number of amides is 1. The molecule has 2 aromatic carbocycles. The van der Waals surface area contributed by atoms with Crippen LogP contribution in [0.2, 0.25) is 0 Å². The van der Waals surface area contributed by atoms with Crippen LogP contribution in [0.25, 0.3) is 10.9 Å². The molecular formula is C21H13F4N3O3. The van der Waals surface area contributed by atoms with Crippen LogP contribution in [0.15, 0.2) is 35.1 Å². The van der Waals surface area contributed by atoms with Crippen molar-refractivity contribution in [3.63, 3.8) is 0 Å². The van der Waals surface area contributed by atoms with Crippen molar-refractivity contribution in [3.05, 3.63) is 74.6 Å².